The summed E-state index contributed by atoms with van der Waals surface area (Å²) in [6.45, 7) is 10.1. The van der Waals surface area contributed by atoms with Gasteiger partial charge in [-0.2, -0.15) is 13.8 Å². The Labute approximate surface area is 315 Å². The van der Waals surface area contributed by atoms with Gasteiger partial charge in [-0.25, -0.2) is 9.37 Å². The fraction of sp³-hybridized carbons (Fsp3) is 0.658. The Hall–Kier alpha value is -4.02. The van der Waals surface area contributed by atoms with E-state index in [-0.39, 0.29) is 58.7 Å². The van der Waals surface area contributed by atoms with Gasteiger partial charge in [0.1, 0.15) is 30.1 Å². The fourth-order valence-electron chi connectivity index (χ4n) is 7.19. The highest BCUT2D eigenvalue weighted by molar-refractivity contribution is 6.02. The molecule has 3 aliphatic rings. The number of nitrogens with one attached hydrogen (secondary N) is 2. The topological polar surface area (TPSA) is 138 Å². The minimum atomic E-state index is -3.62. The number of aldehydes is 1. The first-order valence-corrected chi connectivity index (χ1v) is 18.7. The smallest absolute Gasteiger partial charge is 0.342 e. The molecule has 2 amide bonds. The van der Waals surface area contributed by atoms with E-state index in [1.807, 2.05) is 13.8 Å². The Morgan fingerprint density at radius 2 is 1.74 bits per heavy atom. The molecule has 1 saturated heterocycles. The van der Waals surface area contributed by atoms with Gasteiger partial charge in [-0.15, -0.1) is 0 Å². The monoisotopic (exact) mass is 761 g/mol. The van der Waals surface area contributed by atoms with E-state index in [4.69, 9.17) is 14.2 Å². The lowest BCUT2D eigenvalue weighted by molar-refractivity contribution is -0.140. The molecule has 13 nitrogen and oxygen atoms in total. The number of piperidine rings is 1. The molecule has 0 bridgehead atoms. The first-order valence-electron chi connectivity index (χ1n) is 18.7. The number of methoxy groups -OCH3 is 1. The van der Waals surface area contributed by atoms with Crippen molar-refractivity contribution in [3.05, 3.63) is 29.7 Å². The lowest BCUT2D eigenvalue weighted by Crippen LogP contribution is -2.48. The van der Waals surface area contributed by atoms with Crippen molar-refractivity contribution < 1.29 is 41.8 Å². The van der Waals surface area contributed by atoms with E-state index < -0.39 is 35.7 Å². The number of halogens is 3. The second-order valence-corrected chi connectivity index (χ2v) is 15.6. The Kier molecular flexibility index (Phi) is 13.1. The first kappa shape index (κ1) is 41.1. The molecule has 1 saturated carbocycles. The number of ether oxygens (including phenoxy) is 3. The molecule has 5 rings (SSSR count). The molecule has 2 fully saturated rings. The number of alkyl halides is 2. The fourth-order valence-corrected chi connectivity index (χ4v) is 7.19. The predicted molar refractivity (Wildman–Crippen MR) is 199 cm³/mol. The van der Waals surface area contributed by atoms with Crippen LogP contribution in [-0.2, 0) is 19.1 Å². The van der Waals surface area contributed by atoms with E-state index >= 15 is 4.39 Å². The third kappa shape index (κ3) is 10.2. The Morgan fingerprint density at radius 1 is 1.06 bits per heavy atom. The van der Waals surface area contributed by atoms with E-state index in [0.717, 1.165) is 56.1 Å². The van der Waals surface area contributed by atoms with Gasteiger partial charge in [0.25, 0.3) is 11.8 Å². The van der Waals surface area contributed by atoms with Crippen LogP contribution in [0.1, 0.15) is 89.4 Å². The number of likely N-dealkylation sites (tertiary alicyclic amines) is 1. The van der Waals surface area contributed by atoms with Crippen molar-refractivity contribution in [2.24, 2.45) is 0 Å². The van der Waals surface area contributed by atoms with Crippen molar-refractivity contribution in [3.8, 4) is 5.75 Å². The summed E-state index contributed by atoms with van der Waals surface area (Å²) in [7, 11) is 2.66. The van der Waals surface area contributed by atoms with Crippen molar-refractivity contribution in [2.75, 3.05) is 68.7 Å². The number of carbonyl (C=O) groups is 3. The Bertz CT molecular complexity index is 1650. The summed E-state index contributed by atoms with van der Waals surface area (Å²) in [5.41, 5.74) is -0.690. The number of fused-ring (bicyclic) bond motifs is 1. The number of carbonyl (C=O) groups excluding carboxylic acids is 3. The van der Waals surface area contributed by atoms with Gasteiger partial charge in [-0.3, -0.25) is 9.59 Å². The number of hydrogen-bond acceptors (Lipinski definition) is 11. The van der Waals surface area contributed by atoms with Crippen LogP contribution in [0.25, 0.3) is 0 Å². The molecule has 0 atom stereocenters. The van der Waals surface area contributed by atoms with Crippen molar-refractivity contribution in [3.63, 3.8) is 0 Å². The number of anilines is 4. The quantitative estimate of drug-likeness (QED) is 0.210. The molecule has 16 heteroatoms. The average molecular weight is 762 g/mol. The molecular formula is C38H54F3N7O6. The zero-order chi connectivity index (χ0) is 39.3. The van der Waals surface area contributed by atoms with E-state index in [9.17, 15) is 23.2 Å². The maximum atomic E-state index is 15.6. The number of hydrogen-bond donors (Lipinski definition) is 2. The maximum Gasteiger partial charge on any atom is 0.342 e. The van der Waals surface area contributed by atoms with Crippen LogP contribution < -0.4 is 25.2 Å². The van der Waals surface area contributed by atoms with Crippen LogP contribution in [0.15, 0.2) is 18.3 Å². The second kappa shape index (κ2) is 17.2. The number of benzene rings is 1. The van der Waals surface area contributed by atoms with E-state index in [1.165, 1.54) is 31.3 Å². The number of aromatic nitrogens is 2. The van der Waals surface area contributed by atoms with Gasteiger partial charge in [-0.05, 0) is 72.3 Å². The predicted octanol–water partition coefficient (Wildman–Crippen LogP) is 5.49. The third-order valence-corrected chi connectivity index (χ3v) is 10.6. The summed E-state index contributed by atoms with van der Waals surface area (Å²) in [5, 5.41) is 5.89. The van der Waals surface area contributed by atoms with Gasteiger partial charge in [0.2, 0.25) is 5.95 Å². The molecule has 0 radical (unpaired) electrons. The summed E-state index contributed by atoms with van der Waals surface area (Å²) in [5.74, 6) is -5.98. The number of rotatable bonds is 16. The maximum absolute atomic E-state index is 15.6. The van der Waals surface area contributed by atoms with Crippen molar-refractivity contribution in [1.29, 1.82) is 0 Å². The SMILES string of the molecule is COc1cc(C(=O)NC2CCN(CCC(C)(C)OCCC(C)(C)OCC=O)CC2)c(F)cc1Nc1ncc2c(n1)N(C1CCCC1)CC(F)(F)C(=O)N2C. The van der Waals surface area contributed by atoms with E-state index in [0.29, 0.717) is 38.7 Å². The number of nitrogens with zero attached hydrogens (tertiary/aromatic N) is 5. The van der Waals surface area contributed by atoms with Crippen LogP contribution in [0.5, 0.6) is 5.75 Å². The highest BCUT2D eigenvalue weighted by Crippen LogP contribution is 2.40. The normalized spacial score (nSPS) is 18.7. The molecule has 1 aliphatic carbocycles. The summed E-state index contributed by atoms with van der Waals surface area (Å²) in [6.07, 6.45) is 8.08. The van der Waals surface area contributed by atoms with Crippen LogP contribution in [0.2, 0.25) is 0 Å². The van der Waals surface area contributed by atoms with E-state index in [2.05, 4.69) is 39.3 Å². The van der Waals surface area contributed by atoms with Crippen molar-refractivity contribution >= 4 is 41.2 Å². The molecule has 54 heavy (non-hydrogen) atoms. The molecule has 2 aromatic rings. The third-order valence-electron chi connectivity index (χ3n) is 10.6. The van der Waals surface area contributed by atoms with Gasteiger partial charge >= 0.3 is 5.92 Å². The lowest BCUT2D eigenvalue weighted by Gasteiger charge is -2.35. The molecule has 1 aromatic carbocycles. The molecule has 1 aromatic heterocycles. The van der Waals surface area contributed by atoms with Crippen LogP contribution in [0.3, 0.4) is 0 Å². The minimum Gasteiger partial charge on any atom is -0.495 e. The highest BCUT2D eigenvalue weighted by Gasteiger charge is 2.49. The lowest BCUT2D eigenvalue weighted by atomic mass is 10.0. The van der Waals surface area contributed by atoms with Gasteiger partial charge in [0, 0.05) is 44.8 Å². The largest absolute Gasteiger partial charge is 0.495 e. The van der Waals surface area contributed by atoms with Gasteiger partial charge < -0.3 is 44.3 Å². The first-order chi connectivity index (χ1) is 25.5. The zero-order valence-electron chi connectivity index (χ0n) is 32.2. The molecule has 0 spiro atoms. The molecule has 298 valence electrons. The second-order valence-electron chi connectivity index (χ2n) is 15.6. The van der Waals surface area contributed by atoms with Crippen LogP contribution in [-0.4, -0.2) is 116 Å². The van der Waals surface area contributed by atoms with Crippen molar-refractivity contribution in [1.82, 2.24) is 20.2 Å². The van der Waals surface area contributed by atoms with Crippen LogP contribution in [0.4, 0.5) is 36.3 Å². The Morgan fingerprint density at radius 3 is 2.41 bits per heavy atom. The Balaban J connectivity index is 1.18. The van der Waals surface area contributed by atoms with Gasteiger partial charge in [0.15, 0.2) is 5.82 Å². The molecule has 2 N–H and O–H groups in total. The molecular weight excluding hydrogens is 707 g/mol. The summed E-state index contributed by atoms with van der Waals surface area (Å²) in [6, 6.07) is 2.07. The summed E-state index contributed by atoms with van der Waals surface area (Å²) >= 11 is 0. The highest BCUT2D eigenvalue weighted by atomic mass is 19.3. The minimum absolute atomic E-state index is 0.0101. The van der Waals surface area contributed by atoms with Crippen molar-refractivity contribution in [2.45, 2.75) is 108 Å². The summed E-state index contributed by atoms with van der Waals surface area (Å²) < 4.78 is 62.7. The van der Waals surface area contributed by atoms with Gasteiger partial charge in [-0.1, -0.05) is 12.8 Å². The standard InChI is InChI=1S/C38H54F3N7O6/c1-36(2,53-19-14-37(3,4)54-20-18-49)13-17-47-15-11-25(12-16-47)43-33(50)27-21-31(52-6)29(22-28(27)39)44-35-42-23-30-32(45-35)48(26-9-7-8-10-26)24-38(40,41)34(51)46(30)5/h18,21-23,25-26H,7-17,19-20,24H2,1-6H3,(H,43,50)(H,42,44,45). The van der Waals surface area contributed by atoms with Crippen LogP contribution in [0, 0.1) is 5.82 Å². The molecule has 0 unspecified atom stereocenters. The van der Waals surface area contributed by atoms with Crippen LogP contribution >= 0.6 is 0 Å². The molecule has 2 aliphatic heterocycles. The zero-order valence-corrected chi connectivity index (χ0v) is 32.2. The number of amides is 2. The van der Waals surface area contributed by atoms with E-state index in [1.54, 1.807) is 0 Å². The average Bonchev–Trinajstić information content (AvgIpc) is 3.65. The summed E-state index contributed by atoms with van der Waals surface area (Å²) in [4.78, 5) is 50.0. The van der Waals surface area contributed by atoms with Gasteiger partial charge in [0.05, 0.1) is 48.9 Å². The molecule has 3 heterocycles.